The average Bonchev–Trinajstić information content (AvgIpc) is 2.67. The highest BCUT2D eigenvalue weighted by molar-refractivity contribution is 14.1. The molecule has 1 aromatic rings. The summed E-state index contributed by atoms with van der Waals surface area (Å²) in [5.41, 5.74) is 0.433. The molecule has 1 N–H and O–H groups in total. The minimum atomic E-state index is -0.348. The fraction of sp³-hybridized carbons (Fsp3) is 0.200. The van der Waals surface area contributed by atoms with Gasteiger partial charge in [-0.1, -0.05) is 11.6 Å². The molecule has 1 aliphatic heterocycles. The van der Waals surface area contributed by atoms with Crippen LogP contribution in [0.2, 0.25) is 5.02 Å². The number of rotatable bonds is 1. The molecule has 0 atom stereocenters. The van der Waals surface area contributed by atoms with Gasteiger partial charge in [0.2, 0.25) is 0 Å². The van der Waals surface area contributed by atoms with Crippen LogP contribution in [0.4, 0.5) is 4.79 Å². The fourth-order valence-corrected chi connectivity index (χ4v) is 1.97. The number of carbonyl (C=O) groups excluding carboxylic acids is 2. The molecular formula is C10H8ClIN2O2. The summed E-state index contributed by atoms with van der Waals surface area (Å²) >= 11 is 8.00. The number of halogens is 2. The number of hydrogen-bond donors (Lipinski definition) is 1. The van der Waals surface area contributed by atoms with E-state index in [1.54, 1.807) is 18.2 Å². The Morgan fingerprint density at radius 2 is 2.25 bits per heavy atom. The van der Waals surface area contributed by atoms with Gasteiger partial charge in [0, 0.05) is 22.2 Å². The lowest BCUT2D eigenvalue weighted by atomic mass is 10.2. The van der Waals surface area contributed by atoms with Crippen LogP contribution in [0, 0.1) is 3.57 Å². The summed E-state index contributed by atoms with van der Waals surface area (Å²) in [7, 11) is 0. The third-order valence-corrected chi connectivity index (χ3v) is 3.84. The van der Waals surface area contributed by atoms with Gasteiger partial charge < -0.3 is 5.32 Å². The van der Waals surface area contributed by atoms with Gasteiger partial charge in [-0.25, -0.2) is 4.79 Å². The lowest BCUT2D eigenvalue weighted by molar-refractivity contribution is 0.0829. The van der Waals surface area contributed by atoms with E-state index in [0.717, 1.165) is 3.57 Å². The number of imide groups is 1. The van der Waals surface area contributed by atoms with Gasteiger partial charge in [-0.05, 0) is 40.8 Å². The molecule has 1 saturated heterocycles. The number of urea groups is 1. The molecule has 0 aromatic heterocycles. The van der Waals surface area contributed by atoms with Crippen molar-refractivity contribution in [2.75, 3.05) is 13.1 Å². The lowest BCUT2D eigenvalue weighted by Crippen LogP contribution is -2.34. The van der Waals surface area contributed by atoms with Gasteiger partial charge in [-0.15, -0.1) is 0 Å². The normalized spacial score (nSPS) is 15.1. The van der Waals surface area contributed by atoms with Crippen LogP contribution >= 0.6 is 34.2 Å². The van der Waals surface area contributed by atoms with E-state index in [4.69, 9.17) is 11.6 Å². The molecule has 6 heteroatoms. The minimum Gasteiger partial charge on any atom is -0.336 e. The molecule has 1 aromatic carbocycles. The maximum absolute atomic E-state index is 11.9. The zero-order valence-electron chi connectivity index (χ0n) is 8.17. The van der Waals surface area contributed by atoms with E-state index < -0.39 is 0 Å². The molecule has 1 fully saturated rings. The molecular weight excluding hydrogens is 342 g/mol. The lowest BCUT2D eigenvalue weighted by Gasteiger charge is -2.12. The number of nitrogens with zero attached hydrogens (tertiary/aromatic N) is 1. The molecule has 0 spiro atoms. The number of nitrogens with one attached hydrogen (secondary N) is 1. The Labute approximate surface area is 111 Å². The first kappa shape index (κ1) is 11.7. The van der Waals surface area contributed by atoms with Crippen molar-refractivity contribution < 1.29 is 9.59 Å². The molecule has 0 aliphatic carbocycles. The van der Waals surface area contributed by atoms with E-state index in [1.807, 2.05) is 0 Å². The molecule has 0 radical (unpaired) electrons. The Hall–Kier alpha value is -0.820. The largest absolute Gasteiger partial charge is 0.336 e. The Morgan fingerprint density at radius 3 is 2.81 bits per heavy atom. The molecule has 1 aliphatic rings. The summed E-state index contributed by atoms with van der Waals surface area (Å²) in [5, 5.41) is 3.10. The highest BCUT2D eigenvalue weighted by atomic mass is 127. The van der Waals surface area contributed by atoms with Crippen LogP contribution in [0.1, 0.15) is 10.4 Å². The number of hydrogen-bond acceptors (Lipinski definition) is 2. The van der Waals surface area contributed by atoms with Gasteiger partial charge in [-0.2, -0.15) is 0 Å². The van der Waals surface area contributed by atoms with E-state index in [9.17, 15) is 9.59 Å². The molecule has 1 heterocycles. The van der Waals surface area contributed by atoms with Crippen LogP contribution in [0.15, 0.2) is 18.2 Å². The first-order chi connectivity index (χ1) is 7.59. The maximum Gasteiger partial charge on any atom is 0.324 e. The summed E-state index contributed by atoms with van der Waals surface area (Å²) in [4.78, 5) is 24.4. The standard InChI is InChI=1S/C10H8ClIN2O2/c11-7-5-6(1-2-8(7)12)9(15)14-4-3-13-10(14)16/h1-2,5H,3-4H2,(H,13,16). The second kappa shape index (κ2) is 4.58. The first-order valence-electron chi connectivity index (χ1n) is 4.64. The van der Waals surface area contributed by atoms with Crippen molar-refractivity contribution in [3.05, 3.63) is 32.4 Å². The minimum absolute atomic E-state index is 0.312. The van der Waals surface area contributed by atoms with Gasteiger partial charge in [0.1, 0.15) is 0 Å². The smallest absolute Gasteiger partial charge is 0.324 e. The molecule has 84 valence electrons. The topological polar surface area (TPSA) is 49.4 Å². The third kappa shape index (κ3) is 2.15. The van der Waals surface area contributed by atoms with Crippen molar-refractivity contribution in [1.29, 1.82) is 0 Å². The molecule has 0 saturated carbocycles. The summed E-state index contributed by atoms with van der Waals surface area (Å²) in [6, 6.07) is 4.66. The first-order valence-corrected chi connectivity index (χ1v) is 6.10. The summed E-state index contributed by atoms with van der Waals surface area (Å²) in [6.07, 6.45) is 0. The summed E-state index contributed by atoms with van der Waals surface area (Å²) in [6.45, 7) is 0.907. The van der Waals surface area contributed by atoms with Gasteiger partial charge in [-0.3, -0.25) is 9.69 Å². The van der Waals surface area contributed by atoms with Crippen molar-refractivity contribution >= 4 is 46.1 Å². The van der Waals surface area contributed by atoms with Crippen LogP contribution < -0.4 is 5.32 Å². The highest BCUT2D eigenvalue weighted by Gasteiger charge is 2.27. The van der Waals surface area contributed by atoms with E-state index in [-0.39, 0.29) is 11.9 Å². The quantitative estimate of drug-likeness (QED) is 0.789. The predicted octanol–water partition coefficient (Wildman–Crippen LogP) is 2.11. The van der Waals surface area contributed by atoms with E-state index in [2.05, 4.69) is 27.9 Å². The van der Waals surface area contributed by atoms with E-state index >= 15 is 0 Å². The maximum atomic E-state index is 11.9. The average molecular weight is 351 g/mol. The van der Waals surface area contributed by atoms with Gasteiger partial charge in [0.15, 0.2) is 0 Å². The molecule has 0 bridgehead atoms. The van der Waals surface area contributed by atoms with Crippen molar-refractivity contribution in [2.45, 2.75) is 0 Å². The van der Waals surface area contributed by atoms with Gasteiger partial charge >= 0.3 is 6.03 Å². The monoisotopic (exact) mass is 350 g/mol. The van der Waals surface area contributed by atoms with E-state index in [1.165, 1.54) is 4.90 Å². The summed E-state index contributed by atoms with van der Waals surface area (Å²) in [5.74, 6) is -0.312. The predicted molar refractivity (Wildman–Crippen MR) is 68.6 cm³/mol. The number of amides is 3. The fourth-order valence-electron chi connectivity index (χ4n) is 1.45. The van der Waals surface area contributed by atoms with Crippen LogP contribution in [-0.4, -0.2) is 29.9 Å². The second-order valence-corrected chi connectivity index (χ2v) is 4.89. The SMILES string of the molecule is O=C1NCCN1C(=O)c1ccc(I)c(Cl)c1. The second-order valence-electron chi connectivity index (χ2n) is 3.32. The Balaban J connectivity index is 2.27. The zero-order chi connectivity index (χ0) is 11.7. The van der Waals surface area contributed by atoms with Crippen LogP contribution in [-0.2, 0) is 0 Å². The molecule has 16 heavy (non-hydrogen) atoms. The number of carbonyl (C=O) groups is 2. The van der Waals surface area contributed by atoms with Crippen LogP contribution in [0.25, 0.3) is 0 Å². The molecule has 0 unspecified atom stereocenters. The Bertz CT molecular complexity index is 464. The molecule has 3 amide bonds. The molecule has 2 rings (SSSR count). The van der Waals surface area contributed by atoms with Crippen molar-refractivity contribution in [3.63, 3.8) is 0 Å². The Kier molecular flexibility index (Phi) is 3.34. The van der Waals surface area contributed by atoms with Crippen LogP contribution in [0.3, 0.4) is 0 Å². The van der Waals surface area contributed by atoms with Crippen molar-refractivity contribution in [3.8, 4) is 0 Å². The third-order valence-electron chi connectivity index (χ3n) is 2.27. The van der Waals surface area contributed by atoms with Crippen molar-refractivity contribution in [2.24, 2.45) is 0 Å². The zero-order valence-corrected chi connectivity index (χ0v) is 11.1. The Morgan fingerprint density at radius 1 is 1.50 bits per heavy atom. The number of benzene rings is 1. The van der Waals surface area contributed by atoms with Gasteiger partial charge in [0.05, 0.1) is 5.02 Å². The van der Waals surface area contributed by atoms with Crippen LogP contribution in [0.5, 0.6) is 0 Å². The highest BCUT2D eigenvalue weighted by Crippen LogP contribution is 2.20. The summed E-state index contributed by atoms with van der Waals surface area (Å²) < 4.78 is 0.877. The van der Waals surface area contributed by atoms with Gasteiger partial charge in [0.25, 0.3) is 5.91 Å². The van der Waals surface area contributed by atoms with Crippen molar-refractivity contribution in [1.82, 2.24) is 10.2 Å². The molecule has 4 nitrogen and oxygen atoms in total. The van der Waals surface area contributed by atoms with E-state index in [0.29, 0.717) is 23.7 Å².